The molecule has 0 amide bonds. The van der Waals surface area contributed by atoms with Crippen molar-refractivity contribution < 1.29 is 4.79 Å². The second kappa shape index (κ2) is 4.95. The van der Waals surface area contributed by atoms with E-state index >= 15 is 0 Å². The fourth-order valence-corrected chi connectivity index (χ4v) is 3.61. The van der Waals surface area contributed by atoms with E-state index in [0.29, 0.717) is 11.4 Å². The van der Waals surface area contributed by atoms with Crippen LogP contribution >= 0.6 is 56.9 Å². The van der Waals surface area contributed by atoms with Crippen LogP contribution in [0.25, 0.3) is 0 Å². The third kappa shape index (κ3) is 2.81. The molecule has 78 valence electrons. The zero-order valence-corrected chi connectivity index (χ0v) is 12.0. The van der Waals surface area contributed by atoms with Gasteiger partial charge in [0, 0.05) is 22.2 Å². The number of hydrogen-bond acceptors (Lipinski definition) is 3. The second-order valence-electron chi connectivity index (χ2n) is 2.93. The van der Waals surface area contributed by atoms with Gasteiger partial charge < -0.3 is 0 Å². The molecule has 0 aromatic carbocycles. The smallest absolute Gasteiger partial charge is 0.168 e. The van der Waals surface area contributed by atoms with Crippen molar-refractivity contribution in [1.82, 2.24) is 0 Å². The van der Waals surface area contributed by atoms with Gasteiger partial charge in [-0.05, 0) is 40.1 Å². The Morgan fingerprint density at radius 1 is 1.47 bits per heavy atom. The van der Waals surface area contributed by atoms with E-state index in [4.69, 9.17) is 11.6 Å². The Morgan fingerprint density at radius 2 is 2.27 bits per heavy atom. The third-order valence-corrected chi connectivity index (χ3v) is 5.08. The van der Waals surface area contributed by atoms with Crippen molar-refractivity contribution in [2.45, 2.75) is 6.42 Å². The number of hydrogen-bond donors (Lipinski definition) is 0. The zero-order valence-electron chi connectivity index (χ0n) is 7.50. The van der Waals surface area contributed by atoms with Gasteiger partial charge in [0.2, 0.25) is 0 Å². The van der Waals surface area contributed by atoms with Gasteiger partial charge in [0.1, 0.15) is 0 Å². The molecule has 0 aliphatic carbocycles. The molecule has 0 fully saturated rings. The molecule has 0 aliphatic heterocycles. The second-order valence-corrected chi connectivity index (χ2v) is 7.14. The van der Waals surface area contributed by atoms with Crippen LogP contribution in [0.2, 0.25) is 5.02 Å². The zero-order chi connectivity index (χ0) is 10.8. The van der Waals surface area contributed by atoms with Crippen LogP contribution in [0.3, 0.4) is 0 Å². The Labute approximate surface area is 114 Å². The molecule has 2 aromatic rings. The summed E-state index contributed by atoms with van der Waals surface area (Å²) in [7, 11) is 0. The van der Waals surface area contributed by atoms with E-state index in [1.807, 2.05) is 22.9 Å². The minimum atomic E-state index is 0.138. The van der Waals surface area contributed by atoms with Crippen molar-refractivity contribution in [2.24, 2.45) is 0 Å². The first-order valence-electron chi connectivity index (χ1n) is 4.16. The van der Waals surface area contributed by atoms with Crippen molar-refractivity contribution in [1.29, 1.82) is 0 Å². The quantitative estimate of drug-likeness (QED) is 0.576. The van der Waals surface area contributed by atoms with Crippen molar-refractivity contribution in [3.63, 3.8) is 0 Å². The van der Waals surface area contributed by atoms with Crippen LogP contribution in [0, 0.1) is 2.88 Å². The molecule has 0 N–H and O–H groups in total. The lowest BCUT2D eigenvalue weighted by atomic mass is 10.1. The Kier molecular flexibility index (Phi) is 3.82. The lowest BCUT2D eigenvalue weighted by Gasteiger charge is -1.95. The van der Waals surface area contributed by atoms with Gasteiger partial charge in [-0.1, -0.05) is 11.6 Å². The van der Waals surface area contributed by atoms with E-state index in [2.05, 4.69) is 22.6 Å². The average Bonchev–Trinajstić information content (AvgIpc) is 2.77. The maximum atomic E-state index is 11.8. The maximum Gasteiger partial charge on any atom is 0.168 e. The molecule has 0 unspecified atom stereocenters. The lowest BCUT2D eigenvalue weighted by Crippen LogP contribution is -2.00. The Hall–Kier alpha value is 0.0900. The minimum Gasteiger partial charge on any atom is -0.294 e. The highest BCUT2D eigenvalue weighted by molar-refractivity contribution is 14.1. The van der Waals surface area contributed by atoms with E-state index in [1.54, 1.807) is 11.3 Å². The molecule has 0 spiro atoms. The highest BCUT2D eigenvalue weighted by Crippen LogP contribution is 2.25. The summed E-state index contributed by atoms with van der Waals surface area (Å²) in [4.78, 5) is 12.8. The molecule has 1 nitrogen and oxygen atoms in total. The van der Waals surface area contributed by atoms with E-state index < -0.39 is 0 Å². The van der Waals surface area contributed by atoms with E-state index in [1.165, 1.54) is 11.3 Å². The fraction of sp³-hybridized carbons (Fsp3) is 0.100. The maximum absolute atomic E-state index is 11.8. The number of ketones is 1. The van der Waals surface area contributed by atoms with Crippen molar-refractivity contribution in [2.75, 3.05) is 0 Å². The molecule has 0 radical (unpaired) electrons. The van der Waals surface area contributed by atoms with E-state index in [9.17, 15) is 4.79 Å². The number of Topliss-reactive ketones (excluding diaryl/α,β-unsaturated/α-hetero) is 1. The first-order chi connectivity index (χ1) is 7.16. The molecule has 0 atom stereocenters. The summed E-state index contributed by atoms with van der Waals surface area (Å²) in [5.41, 5.74) is 0.786. The summed E-state index contributed by atoms with van der Waals surface area (Å²) in [5.74, 6) is 0.138. The van der Waals surface area contributed by atoms with E-state index in [-0.39, 0.29) is 5.78 Å². The van der Waals surface area contributed by atoms with Crippen LogP contribution in [0.1, 0.15) is 15.2 Å². The first-order valence-corrected chi connectivity index (χ1v) is 7.37. The highest BCUT2D eigenvalue weighted by Gasteiger charge is 2.11. The molecule has 0 saturated heterocycles. The summed E-state index contributed by atoms with van der Waals surface area (Å²) in [6, 6.07) is 3.74. The minimum absolute atomic E-state index is 0.138. The largest absolute Gasteiger partial charge is 0.294 e. The monoisotopic (exact) mass is 368 g/mol. The van der Waals surface area contributed by atoms with Gasteiger partial charge in [0.15, 0.2) is 5.78 Å². The number of carbonyl (C=O) groups excluding carboxylic acids is 1. The number of rotatable bonds is 3. The summed E-state index contributed by atoms with van der Waals surface area (Å²) in [6.45, 7) is 0. The summed E-state index contributed by atoms with van der Waals surface area (Å²) in [5, 5.41) is 4.49. The van der Waals surface area contributed by atoms with Crippen LogP contribution in [0.4, 0.5) is 0 Å². The number of carbonyl (C=O) groups is 1. The lowest BCUT2D eigenvalue weighted by molar-refractivity contribution is 0.0994. The molecule has 15 heavy (non-hydrogen) atoms. The highest BCUT2D eigenvalue weighted by atomic mass is 127. The Morgan fingerprint density at radius 3 is 2.80 bits per heavy atom. The van der Waals surface area contributed by atoms with Crippen LogP contribution < -0.4 is 0 Å². The van der Waals surface area contributed by atoms with Gasteiger partial charge in [0.25, 0.3) is 0 Å². The molecule has 0 saturated carbocycles. The summed E-state index contributed by atoms with van der Waals surface area (Å²) < 4.78 is 1.13. The van der Waals surface area contributed by atoms with Crippen LogP contribution in [-0.4, -0.2) is 5.78 Å². The molecule has 0 bridgehead atoms. The van der Waals surface area contributed by atoms with Gasteiger partial charge in [-0.15, -0.1) is 22.7 Å². The van der Waals surface area contributed by atoms with Crippen LogP contribution in [-0.2, 0) is 6.42 Å². The number of halogens is 2. The van der Waals surface area contributed by atoms with Crippen LogP contribution in [0.5, 0.6) is 0 Å². The predicted octanol–water partition coefficient (Wildman–Crippen LogP) is 4.49. The molecular weight excluding hydrogens is 363 g/mol. The Balaban J connectivity index is 2.14. The van der Waals surface area contributed by atoms with Gasteiger partial charge in [-0.25, -0.2) is 0 Å². The topological polar surface area (TPSA) is 17.1 Å². The SMILES string of the molecule is O=C(Cc1sccc1Cl)c1csc(I)c1. The molecule has 2 aromatic heterocycles. The fourth-order valence-electron chi connectivity index (χ4n) is 1.16. The van der Waals surface area contributed by atoms with Gasteiger partial charge in [-0.2, -0.15) is 0 Å². The summed E-state index contributed by atoms with van der Waals surface area (Å²) in [6.07, 6.45) is 0.406. The van der Waals surface area contributed by atoms with Gasteiger partial charge in [-0.3, -0.25) is 4.79 Å². The Bertz CT molecular complexity index is 489. The first kappa shape index (κ1) is 11.6. The van der Waals surface area contributed by atoms with Crippen molar-refractivity contribution in [3.05, 3.63) is 41.2 Å². The van der Waals surface area contributed by atoms with E-state index in [0.717, 1.165) is 13.3 Å². The number of thiophene rings is 2. The van der Waals surface area contributed by atoms with Gasteiger partial charge in [0.05, 0.1) is 7.91 Å². The van der Waals surface area contributed by atoms with Crippen molar-refractivity contribution >= 4 is 62.6 Å². The standard InChI is InChI=1S/C10H6ClIOS2/c11-7-1-2-14-9(7)4-8(13)6-3-10(12)15-5-6/h1-3,5H,4H2. The van der Waals surface area contributed by atoms with Crippen molar-refractivity contribution in [3.8, 4) is 0 Å². The molecule has 5 heteroatoms. The molecule has 2 rings (SSSR count). The molecular formula is C10H6ClIOS2. The molecule has 2 heterocycles. The predicted molar refractivity (Wildman–Crippen MR) is 74.4 cm³/mol. The molecule has 0 aliphatic rings. The van der Waals surface area contributed by atoms with Crippen LogP contribution in [0.15, 0.2) is 22.9 Å². The average molecular weight is 369 g/mol. The van der Waals surface area contributed by atoms with Gasteiger partial charge >= 0.3 is 0 Å². The normalized spacial score (nSPS) is 10.5. The third-order valence-electron chi connectivity index (χ3n) is 1.90. The summed E-state index contributed by atoms with van der Waals surface area (Å²) >= 11 is 11.3.